The SMILES string of the molecule is CC(O)CN.CCCCC(CC)C(=O)NCCCCCC(=O)O. The number of hydrogen-bond acceptors (Lipinski definition) is 4. The van der Waals surface area contributed by atoms with E-state index >= 15 is 0 Å². The second-order valence-corrected chi connectivity index (χ2v) is 5.83. The van der Waals surface area contributed by atoms with Crippen LogP contribution in [0.3, 0.4) is 0 Å². The number of amides is 1. The molecule has 0 fully saturated rings. The van der Waals surface area contributed by atoms with Gasteiger partial charge in [-0.25, -0.2) is 0 Å². The predicted molar refractivity (Wildman–Crippen MR) is 93.2 cm³/mol. The fraction of sp³-hybridized carbons (Fsp3) is 0.882. The summed E-state index contributed by atoms with van der Waals surface area (Å²) in [5.41, 5.74) is 4.92. The van der Waals surface area contributed by atoms with Crippen LogP contribution in [0.4, 0.5) is 0 Å². The van der Waals surface area contributed by atoms with Gasteiger partial charge in [0.15, 0.2) is 0 Å². The molecule has 6 heteroatoms. The van der Waals surface area contributed by atoms with E-state index in [1.165, 1.54) is 0 Å². The first-order valence-corrected chi connectivity index (χ1v) is 8.76. The Morgan fingerprint density at radius 3 is 2.17 bits per heavy atom. The molecule has 0 aliphatic heterocycles. The van der Waals surface area contributed by atoms with Gasteiger partial charge >= 0.3 is 5.97 Å². The van der Waals surface area contributed by atoms with Crippen molar-refractivity contribution in [3.63, 3.8) is 0 Å². The Hall–Kier alpha value is -1.14. The minimum Gasteiger partial charge on any atom is -0.481 e. The van der Waals surface area contributed by atoms with Crippen molar-refractivity contribution in [2.24, 2.45) is 11.7 Å². The molecule has 2 unspecified atom stereocenters. The van der Waals surface area contributed by atoms with Gasteiger partial charge < -0.3 is 21.3 Å². The highest BCUT2D eigenvalue weighted by atomic mass is 16.4. The van der Waals surface area contributed by atoms with E-state index < -0.39 is 5.97 Å². The molecule has 0 spiro atoms. The lowest BCUT2D eigenvalue weighted by Gasteiger charge is -2.14. The summed E-state index contributed by atoms with van der Waals surface area (Å²) in [6, 6.07) is 0. The third-order valence-electron chi connectivity index (χ3n) is 3.48. The Balaban J connectivity index is 0. The van der Waals surface area contributed by atoms with Crippen molar-refractivity contribution in [1.29, 1.82) is 0 Å². The van der Waals surface area contributed by atoms with Crippen LogP contribution in [0.15, 0.2) is 0 Å². The Morgan fingerprint density at radius 2 is 1.74 bits per heavy atom. The van der Waals surface area contributed by atoms with Crippen molar-refractivity contribution < 1.29 is 19.8 Å². The molecule has 0 rings (SSSR count). The molecule has 2 atom stereocenters. The molecule has 0 saturated carbocycles. The van der Waals surface area contributed by atoms with Gasteiger partial charge in [-0.05, 0) is 32.6 Å². The second kappa shape index (κ2) is 17.2. The number of rotatable bonds is 12. The summed E-state index contributed by atoms with van der Waals surface area (Å²) < 4.78 is 0. The fourth-order valence-electron chi connectivity index (χ4n) is 1.91. The lowest BCUT2D eigenvalue weighted by molar-refractivity contribution is -0.137. The van der Waals surface area contributed by atoms with Crippen molar-refractivity contribution in [3.8, 4) is 0 Å². The first-order valence-electron chi connectivity index (χ1n) is 8.76. The third-order valence-corrected chi connectivity index (χ3v) is 3.48. The van der Waals surface area contributed by atoms with Crippen LogP contribution in [-0.4, -0.2) is 41.3 Å². The summed E-state index contributed by atoms with van der Waals surface area (Å²) in [4.78, 5) is 22.1. The largest absolute Gasteiger partial charge is 0.481 e. The maximum absolute atomic E-state index is 11.8. The standard InChI is InChI=1S/C14H27NO3.C3H9NO/c1-3-5-9-12(4-2)14(18)15-11-8-6-7-10-13(16)17;1-3(5)2-4/h12H,3-11H2,1-2H3,(H,15,18)(H,16,17);3,5H,2,4H2,1H3. The molecule has 0 aromatic rings. The monoisotopic (exact) mass is 332 g/mol. The van der Waals surface area contributed by atoms with E-state index in [9.17, 15) is 9.59 Å². The molecular weight excluding hydrogens is 296 g/mol. The van der Waals surface area contributed by atoms with Crippen LogP contribution >= 0.6 is 0 Å². The highest BCUT2D eigenvalue weighted by Gasteiger charge is 2.14. The normalized spacial score (nSPS) is 12.7. The quantitative estimate of drug-likeness (QED) is 0.410. The number of hydrogen-bond donors (Lipinski definition) is 4. The predicted octanol–water partition coefficient (Wildman–Crippen LogP) is 2.29. The first-order chi connectivity index (χ1) is 10.9. The molecule has 0 aliphatic rings. The van der Waals surface area contributed by atoms with E-state index in [-0.39, 0.29) is 24.3 Å². The molecule has 138 valence electrons. The van der Waals surface area contributed by atoms with E-state index in [4.69, 9.17) is 15.9 Å². The van der Waals surface area contributed by atoms with E-state index in [0.717, 1.165) is 38.5 Å². The lowest BCUT2D eigenvalue weighted by Crippen LogP contribution is -2.31. The zero-order valence-corrected chi connectivity index (χ0v) is 15.0. The van der Waals surface area contributed by atoms with Gasteiger partial charge in [0.1, 0.15) is 0 Å². The van der Waals surface area contributed by atoms with Gasteiger partial charge in [0.05, 0.1) is 6.10 Å². The summed E-state index contributed by atoms with van der Waals surface area (Å²) in [6.07, 6.45) is 6.39. The molecule has 0 radical (unpaired) electrons. The summed E-state index contributed by atoms with van der Waals surface area (Å²) >= 11 is 0. The molecule has 23 heavy (non-hydrogen) atoms. The van der Waals surface area contributed by atoms with Gasteiger partial charge in [-0.1, -0.05) is 33.1 Å². The van der Waals surface area contributed by atoms with Gasteiger partial charge in [-0.2, -0.15) is 0 Å². The topological polar surface area (TPSA) is 113 Å². The van der Waals surface area contributed by atoms with Crippen molar-refractivity contribution in [3.05, 3.63) is 0 Å². The number of carboxylic acids is 1. The molecule has 0 heterocycles. The number of carbonyl (C=O) groups excluding carboxylic acids is 1. The second-order valence-electron chi connectivity index (χ2n) is 5.83. The summed E-state index contributed by atoms with van der Waals surface area (Å²) in [6.45, 7) is 6.86. The number of aliphatic carboxylic acids is 1. The van der Waals surface area contributed by atoms with E-state index in [1.807, 2.05) is 6.92 Å². The van der Waals surface area contributed by atoms with Crippen molar-refractivity contribution >= 4 is 11.9 Å². The zero-order chi connectivity index (χ0) is 18.1. The van der Waals surface area contributed by atoms with Gasteiger partial charge in [0, 0.05) is 25.4 Å². The zero-order valence-electron chi connectivity index (χ0n) is 15.0. The fourth-order valence-corrected chi connectivity index (χ4v) is 1.91. The number of aliphatic hydroxyl groups is 1. The van der Waals surface area contributed by atoms with Crippen LogP contribution in [0, 0.1) is 5.92 Å². The Bertz CT molecular complexity index is 296. The lowest BCUT2D eigenvalue weighted by atomic mass is 9.98. The number of unbranched alkanes of at least 4 members (excludes halogenated alkanes) is 3. The van der Waals surface area contributed by atoms with Crippen LogP contribution in [0.25, 0.3) is 0 Å². The summed E-state index contributed by atoms with van der Waals surface area (Å²) in [7, 11) is 0. The van der Waals surface area contributed by atoms with Gasteiger partial charge in [-0.15, -0.1) is 0 Å². The van der Waals surface area contributed by atoms with Gasteiger partial charge in [0.25, 0.3) is 0 Å². The summed E-state index contributed by atoms with van der Waals surface area (Å²) in [5, 5.41) is 19.7. The minimum absolute atomic E-state index is 0.143. The van der Waals surface area contributed by atoms with Crippen LogP contribution in [0.2, 0.25) is 0 Å². The van der Waals surface area contributed by atoms with Crippen LogP contribution in [0.1, 0.15) is 72.1 Å². The molecule has 1 amide bonds. The highest BCUT2D eigenvalue weighted by Crippen LogP contribution is 2.12. The van der Waals surface area contributed by atoms with E-state index in [1.54, 1.807) is 6.92 Å². The van der Waals surface area contributed by atoms with E-state index in [2.05, 4.69) is 12.2 Å². The average Bonchev–Trinajstić information content (AvgIpc) is 2.51. The Labute approximate surface area is 140 Å². The van der Waals surface area contributed by atoms with Gasteiger partial charge in [0.2, 0.25) is 5.91 Å². The molecule has 0 aromatic heterocycles. The van der Waals surface area contributed by atoms with E-state index in [0.29, 0.717) is 19.5 Å². The third kappa shape index (κ3) is 18.8. The first kappa shape index (κ1) is 24.1. The van der Waals surface area contributed by atoms with Gasteiger partial charge in [-0.3, -0.25) is 9.59 Å². The summed E-state index contributed by atoms with van der Waals surface area (Å²) in [5.74, 6) is -0.446. The number of nitrogens with one attached hydrogen (secondary N) is 1. The number of carbonyl (C=O) groups is 2. The Kier molecular flexibility index (Phi) is 18.1. The van der Waals surface area contributed by atoms with Crippen molar-refractivity contribution in [2.45, 2.75) is 78.2 Å². The maximum Gasteiger partial charge on any atom is 0.303 e. The number of aliphatic hydroxyl groups excluding tert-OH is 1. The maximum atomic E-state index is 11.8. The number of carboxylic acid groups (broad SMARTS) is 1. The molecule has 5 N–H and O–H groups in total. The van der Waals surface area contributed by atoms with Crippen LogP contribution < -0.4 is 11.1 Å². The van der Waals surface area contributed by atoms with Crippen molar-refractivity contribution in [1.82, 2.24) is 5.32 Å². The molecule has 0 aliphatic carbocycles. The smallest absolute Gasteiger partial charge is 0.303 e. The van der Waals surface area contributed by atoms with Crippen LogP contribution in [0.5, 0.6) is 0 Å². The van der Waals surface area contributed by atoms with Crippen LogP contribution in [-0.2, 0) is 9.59 Å². The minimum atomic E-state index is -0.746. The molecule has 0 saturated heterocycles. The molecule has 6 nitrogen and oxygen atoms in total. The Morgan fingerprint density at radius 1 is 1.13 bits per heavy atom. The molecule has 0 aromatic carbocycles. The molecular formula is C17H36N2O4. The number of nitrogens with two attached hydrogens (primary N) is 1. The van der Waals surface area contributed by atoms with Crippen molar-refractivity contribution in [2.75, 3.05) is 13.1 Å². The molecule has 0 bridgehead atoms. The average molecular weight is 332 g/mol. The highest BCUT2D eigenvalue weighted by molar-refractivity contribution is 5.78.